The minimum absolute atomic E-state index is 0.0257. The molecule has 1 fully saturated rings. The van der Waals surface area contributed by atoms with E-state index in [1.165, 1.54) is 6.07 Å². The number of rotatable bonds is 23. The van der Waals surface area contributed by atoms with Gasteiger partial charge in [-0.15, -0.1) is 0 Å². The molecule has 3 rings (SSSR count). The highest BCUT2D eigenvalue weighted by Crippen LogP contribution is 2.32. The fourth-order valence-corrected chi connectivity index (χ4v) is 4.64. The van der Waals surface area contributed by atoms with Crippen LogP contribution in [0.2, 0.25) is 0 Å². The van der Waals surface area contributed by atoms with Crippen LogP contribution in [0, 0.1) is 0 Å². The lowest BCUT2D eigenvalue weighted by atomic mass is 10.0. The van der Waals surface area contributed by atoms with Crippen molar-refractivity contribution in [2.24, 2.45) is 0 Å². The number of carboxylic acids is 1. The molecule has 1 saturated heterocycles. The molecule has 0 bridgehead atoms. The van der Waals surface area contributed by atoms with Crippen LogP contribution in [0.5, 0.6) is 0 Å². The van der Waals surface area contributed by atoms with Crippen LogP contribution in [0.4, 0.5) is 5.69 Å². The fraction of sp³-hybridized carbons (Fsp3) is 0.600. The van der Waals surface area contributed by atoms with E-state index in [-0.39, 0.29) is 55.0 Å². The molecule has 3 N–H and O–H groups in total. The zero-order chi connectivity index (χ0) is 32.4. The summed E-state index contributed by atoms with van der Waals surface area (Å²) < 4.78 is 26.8. The molecule has 0 radical (unpaired) electrons. The SMILES string of the molecule is O=C(O)CCOCCOCCOCCOCCOCCCCCC(=O)Nc1cccc2c1C(=O)N(C1CCC(=O)NC1=O)C2=O. The topological polar surface area (TPSA) is 196 Å². The van der Waals surface area contributed by atoms with Gasteiger partial charge in [0.2, 0.25) is 17.7 Å². The van der Waals surface area contributed by atoms with Gasteiger partial charge in [-0.25, -0.2) is 0 Å². The quantitative estimate of drug-likeness (QED) is 0.115. The number of ether oxygens (including phenoxy) is 5. The normalized spacial score (nSPS) is 16.2. The van der Waals surface area contributed by atoms with Crippen molar-refractivity contribution in [3.05, 3.63) is 29.3 Å². The van der Waals surface area contributed by atoms with E-state index >= 15 is 0 Å². The first kappa shape index (κ1) is 35.7. The molecule has 0 aliphatic carbocycles. The van der Waals surface area contributed by atoms with Gasteiger partial charge in [-0.2, -0.15) is 0 Å². The van der Waals surface area contributed by atoms with Crippen molar-refractivity contribution in [2.45, 2.75) is 51.0 Å². The maximum absolute atomic E-state index is 13.1. The van der Waals surface area contributed by atoms with Crippen molar-refractivity contribution in [3.8, 4) is 0 Å². The first-order valence-electron chi connectivity index (χ1n) is 15.0. The zero-order valence-electron chi connectivity index (χ0n) is 25.2. The van der Waals surface area contributed by atoms with Crippen molar-refractivity contribution >= 4 is 41.2 Å². The number of unbranched alkanes of at least 4 members (excludes halogenated alkanes) is 2. The monoisotopic (exact) mass is 635 g/mol. The Balaban J connectivity index is 1.18. The first-order chi connectivity index (χ1) is 21.8. The van der Waals surface area contributed by atoms with Crippen LogP contribution in [0.1, 0.15) is 65.7 Å². The van der Waals surface area contributed by atoms with Crippen LogP contribution in [-0.2, 0) is 42.9 Å². The fourth-order valence-electron chi connectivity index (χ4n) is 4.64. The van der Waals surface area contributed by atoms with Gasteiger partial charge in [0, 0.05) is 19.4 Å². The van der Waals surface area contributed by atoms with Gasteiger partial charge >= 0.3 is 5.97 Å². The molecule has 1 unspecified atom stereocenters. The summed E-state index contributed by atoms with van der Waals surface area (Å²) in [5.41, 5.74) is 0.367. The molecule has 0 saturated carbocycles. The summed E-state index contributed by atoms with van der Waals surface area (Å²) in [6.45, 7) is 3.95. The van der Waals surface area contributed by atoms with E-state index in [1.54, 1.807) is 12.1 Å². The molecule has 5 amide bonds. The average molecular weight is 636 g/mol. The van der Waals surface area contributed by atoms with Crippen LogP contribution in [0.15, 0.2) is 18.2 Å². The number of piperidine rings is 1. The van der Waals surface area contributed by atoms with Crippen molar-refractivity contribution < 1.29 is 57.6 Å². The van der Waals surface area contributed by atoms with Gasteiger partial charge in [0.25, 0.3) is 11.8 Å². The van der Waals surface area contributed by atoms with E-state index in [0.29, 0.717) is 65.9 Å². The largest absolute Gasteiger partial charge is 0.481 e. The predicted molar refractivity (Wildman–Crippen MR) is 157 cm³/mol. The van der Waals surface area contributed by atoms with Gasteiger partial charge < -0.3 is 34.1 Å². The molecule has 248 valence electrons. The van der Waals surface area contributed by atoms with Crippen LogP contribution >= 0.6 is 0 Å². The molecule has 1 aromatic carbocycles. The summed E-state index contributed by atoms with van der Waals surface area (Å²) in [5, 5.41) is 13.4. The minimum atomic E-state index is -1.07. The van der Waals surface area contributed by atoms with E-state index in [4.69, 9.17) is 28.8 Å². The number of hydrogen-bond acceptors (Lipinski definition) is 11. The molecular weight excluding hydrogens is 594 g/mol. The summed E-state index contributed by atoms with van der Waals surface area (Å²) in [7, 11) is 0. The van der Waals surface area contributed by atoms with Crippen LogP contribution < -0.4 is 10.6 Å². The highest BCUT2D eigenvalue weighted by Gasteiger charge is 2.45. The predicted octanol–water partition coefficient (Wildman–Crippen LogP) is 1.14. The van der Waals surface area contributed by atoms with Crippen molar-refractivity contribution in [1.29, 1.82) is 0 Å². The Labute approximate surface area is 260 Å². The average Bonchev–Trinajstić information content (AvgIpc) is 3.26. The van der Waals surface area contributed by atoms with E-state index in [0.717, 1.165) is 17.7 Å². The summed E-state index contributed by atoms with van der Waals surface area (Å²) in [4.78, 5) is 73.6. The summed E-state index contributed by atoms with van der Waals surface area (Å²) in [6, 6.07) is 3.50. The second kappa shape index (κ2) is 19.6. The van der Waals surface area contributed by atoms with Crippen LogP contribution in [0.3, 0.4) is 0 Å². The molecule has 45 heavy (non-hydrogen) atoms. The Bertz CT molecular complexity index is 1190. The smallest absolute Gasteiger partial charge is 0.305 e. The number of benzene rings is 1. The third-order valence-electron chi connectivity index (χ3n) is 6.88. The Hall–Kier alpha value is -3.76. The van der Waals surface area contributed by atoms with Crippen LogP contribution in [0.25, 0.3) is 0 Å². The second-order valence-corrected chi connectivity index (χ2v) is 10.2. The highest BCUT2D eigenvalue weighted by atomic mass is 16.6. The number of anilines is 1. The van der Waals surface area contributed by atoms with Gasteiger partial charge in [-0.1, -0.05) is 12.5 Å². The second-order valence-electron chi connectivity index (χ2n) is 10.2. The molecule has 0 aromatic heterocycles. The number of hydrogen-bond donors (Lipinski definition) is 3. The van der Waals surface area contributed by atoms with Crippen molar-refractivity contribution in [2.75, 3.05) is 71.4 Å². The molecule has 0 spiro atoms. The lowest BCUT2D eigenvalue weighted by Gasteiger charge is -2.27. The number of nitrogens with zero attached hydrogens (tertiary/aromatic N) is 1. The number of fused-ring (bicyclic) bond motifs is 1. The van der Waals surface area contributed by atoms with Crippen LogP contribution in [-0.4, -0.2) is 118 Å². The molecule has 1 aromatic rings. The number of carbonyl (C=O) groups excluding carboxylic acids is 5. The maximum atomic E-state index is 13.1. The Morgan fingerprint density at radius 1 is 0.778 bits per heavy atom. The molecular formula is C30H41N3O12. The lowest BCUT2D eigenvalue weighted by Crippen LogP contribution is -2.54. The molecule has 2 aliphatic heterocycles. The molecule has 15 nitrogen and oxygen atoms in total. The van der Waals surface area contributed by atoms with Gasteiger partial charge in [0.1, 0.15) is 6.04 Å². The third kappa shape index (κ3) is 11.9. The van der Waals surface area contributed by atoms with Crippen molar-refractivity contribution in [1.82, 2.24) is 10.2 Å². The summed E-state index contributed by atoms with van der Waals surface area (Å²) in [6.07, 6.45) is 2.40. The van der Waals surface area contributed by atoms with Gasteiger partial charge in [-0.05, 0) is 31.4 Å². The molecule has 1 atom stereocenters. The Morgan fingerprint density at radius 2 is 1.38 bits per heavy atom. The van der Waals surface area contributed by atoms with E-state index in [2.05, 4.69) is 10.6 Å². The Morgan fingerprint density at radius 3 is 1.98 bits per heavy atom. The van der Waals surface area contributed by atoms with E-state index in [1.807, 2.05) is 0 Å². The van der Waals surface area contributed by atoms with E-state index in [9.17, 15) is 28.8 Å². The molecule has 15 heteroatoms. The van der Waals surface area contributed by atoms with Gasteiger partial charge in [0.05, 0.1) is 82.7 Å². The molecule has 2 aliphatic rings. The van der Waals surface area contributed by atoms with Gasteiger partial charge in [-0.3, -0.25) is 39.0 Å². The molecule has 2 heterocycles. The standard InChI is InChI=1S/C30H41N3O12/c34-24(7-2-1-3-11-41-13-15-43-17-19-45-20-18-44-16-14-42-12-10-26(36)37)31-22-6-4-5-21-27(22)30(40)33(29(21)39)23-8-9-25(35)32-28(23)38/h4-6,23H,1-3,7-20H2,(H,31,34)(H,36,37)(H,32,35,38). The highest BCUT2D eigenvalue weighted by molar-refractivity contribution is 6.26. The first-order valence-corrected chi connectivity index (χ1v) is 15.0. The number of aliphatic carboxylic acids is 1. The maximum Gasteiger partial charge on any atom is 0.305 e. The lowest BCUT2D eigenvalue weighted by molar-refractivity contribution is -0.138. The summed E-state index contributed by atoms with van der Waals surface area (Å²) in [5.74, 6) is -3.63. The minimum Gasteiger partial charge on any atom is -0.481 e. The number of carbonyl (C=O) groups is 6. The number of nitrogens with one attached hydrogen (secondary N) is 2. The zero-order valence-corrected chi connectivity index (χ0v) is 25.2. The number of carboxylic acid groups (broad SMARTS) is 1. The number of amides is 5. The Kier molecular flexibility index (Phi) is 15.5. The van der Waals surface area contributed by atoms with E-state index < -0.39 is 35.6 Å². The van der Waals surface area contributed by atoms with Gasteiger partial charge in [0.15, 0.2) is 0 Å². The van der Waals surface area contributed by atoms with Crippen molar-refractivity contribution in [3.63, 3.8) is 0 Å². The number of imide groups is 2. The third-order valence-corrected chi connectivity index (χ3v) is 6.88. The summed E-state index contributed by atoms with van der Waals surface area (Å²) >= 11 is 0.